The number of ether oxygens (including phenoxy) is 1. The summed E-state index contributed by atoms with van der Waals surface area (Å²) in [6.45, 7) is 5.10. The number of hydrogen-bond donors (Lipinski definition) is 1. The lowest BCUT2D eigenvalue weighted by Gasteiger charge is -2.24. The van der Waals surface area contributed by atoms with Crippen LogP contribution >= 0.6 is 0 Å². The molecule has 1 N–H and O–H groups in total. The van der Waals surface area contributed by atoms with Crippen molar-refractivity contribution >= 4 is 27.6 Å². The van der Waals surface area contributed by atoms with E-state index in [2.05, 4.69) is 68.5 Å². The number of unbranched alkanes of at least 4 members (excludes halogenated alkanes) is 1. The van der Waals surface area contributed by atoms with E-state index in [4.69, 9.17) is 14.7 Å². The summed E-state index contributed by atoms with van der Waals surface area (Å²) in [7, 11) is 0. The van der Waals surface area contributed by atoms with E-state index in [0.717, 1.165) is 30.5 Å². The number of aromatic nitrogens is 2. The summed E-state index contributed by atoms with van der Waals surface area (Å²) in [5.41, 5.74) is 4.57. The van der Waals surface area contributed by atoms with Gasteiger partial charge in [-0.25, -0.2) is 9.97 Å². The van der Waals surface area contributed by atoms with Gasteiger partial charge in [-0.05, 0) is 69.3 Å². The molecule has 7 rings (SSSR count). The minimum atomic E-state index is 0.0702. The maximum Gasteiger partial charge on any atom is 0.160 e. The van der Waals surface area contributed by atoms with Crippen molar-refractivity contribution in [3.05, 3.63) is 114 Å². The van der Waals surface area contributed by atoms with Crippen LogP contribution in [0.15, 0.2) is 97.1 Å². The van der Waals surface area contributed by atoms with Crippen LogP contribution in [0.1, 0.15) is 63.1 Å². The Balaban J connectivity index is 1.29. The molecule has 6 aromatic rings. The molecule has 0 bridgehead atoms. The molecule has 0 saturated heterocycles. The van der Waals surface area contributed by atoms with E-state index >= 15 is 0 Å². The molecule has 1 aliphatic carbocycles. The predicted octanol–water partition coefficient (Wildman–Crippen LogP) is 9.45. The van der Waals surface area contributed by atoms with Gasteiger partial charge in [0, 0.05) is 23.1 Å². The first-order valence-electron chi connectivity index (χ1n) is 16.0. The van der Waals surface area contributed by atoms with Crippen LogP contribution in [0.4, 0.5) is 0 Å². The van der Waals surface area contributed by atoms with Gasteiger partial charge in [0.2, 0.25) is 0 Å². The summed E-state index contributed by atoms with van der Waals surface area (Å²) in [5, 5.41) is 17.7. The number of phenolic OH excluding ortho intramolecular Hbond substituents is 1. The maximum absolute atomic E-state index is 11.3. The topological polar surface area (TPSA) is 55.2 Å². The third-order valence-corrected chi connectivity index (χ3v) is 9.20. The highest BCUT2D eigenvalue weighted by Crippen LogP contribution is 2.40. The summed E-state index contributed by atoms with van der Waals surface area (Å²) >= 11 is 0. The lowest BCUT2D eigenvalue weighted by atomic mass is 9.82. The van der Waals surface area contributed by atoms with Crippen LogP contribution in [-0.4, -0.2) is 21.7 Å². The Morgan fingerprint density at radius 1 is 0.841 bits per heavy atom. The second-order valence-electron chi connectivity index (χ2n) is 12.0. The summed E-state index contributed by atoms with van der Waals surface area (Å²) < 4.78 is 6.13. The van der Waals surface area contributed by atoms with E-state index in [-0.39, 0.29) is 11.7 Å². The Morgan fingerprint density at radius 2 is 1.66 bits per heavy atom. The van der Waals surface area contributed by atoms with E-state index in [0.29, 0.717) is 35.4 Å². The van der Waals surface area contributed by atoms with Gasteiger partial charge in [0.15, 0.2) is 5.82 Å². The largest absolute Gasteiger partial charge is 0.507 e. The van der Waals surface area contributed by atoms with Crippen molar-refractivity contribution in [1.29, 1.82) is 0 Å². The zero-order valence-electron chi connectivity index (χ0n) is 25.5. The normalized spacial score (nSPS) is 14.9. The van der Waals surface area contributed by atoms with Gasteiger partial charge in [-0.2, -0.15) is 0 Å². The molecule has 44 heavy (non-hydrogen) atoms. The highest BCUT2D eigenvalue weighted by molar-refractivity contribution is 6.12. The molecule has 220 valence electrons. The first-order valence-corrected chi connectivity index (χ1v) is 16.0. The van der Waals surface area contributed by atoms with Crippen LogP contribution in [0.2, 0.25) is 0 Å². The standard InChI is InChI=1S/C40H38N2O2/c1-3-5-10-26(4-2)25-44-31-19-22-34(37(43)23-31)36-24-35(41-40(42-36)30-11-7-6-8-12-30)32-20-17-29-16-15-27-13-9-14-28-18-21-33(32)39(29)38(27)28/h6-9,11-19,21-24,26,32,43H,3-5,10,20,25H2,1-2H3. The van der Waals surface area contributed by atoms with Gasteiger partial charge in [0.1, 0.15) is 11.5 Å². The predicted molar refractivity (Wildman–Crippen MR) is 181 cm³/mol. The lowest BCUT2D eigenvalue weighted by molar-refractivity contribution is 0.232. The Kier molecular flexibility index (Phi) is 7.74. The fraction of sp³-hybridized carbons (Fsp3) is 0.250. The SMILES string of the molecule is CCCCC(CC)COc1ccc(-c2cc(C3CC=c4ccc5cccc6ccc3c4c65)nc(-c3ccccc3)n2)c(O)c1. The number of hydrogen-bond acceptors (Lipinski definition) is 4. The molecule has 0 radical (unpaired) electrons. The Labute approximate surface area is 259 Å². The highest BCUT2D eigenvalue weighted by atomic mass is 16.5. The van der Waals surface area contributed by atoms with Gasteiger partial charge in [-0.15, -0.1) is 0 Å². The quantitative estimate of drug-likeness (QED) is 0.176. The van der Waals surface area contributed by atoms with Gasteiger partial charge in [-0.3, -0.25) is 0 Å². The van der Waals surface area contributed by atoms with Crippen molar-refractivity contribution in [3.63, 3.8) is 0 Å². The van der Waals surface area contributed by atoms with Gasteiger partial charge in [0.05, 0.1) is 18.0 Å². The molecule has 0 fully saturated rings. The molecule has 4 nitrogen and oxygen atoms in total. The third-order valence-electron chi connectivity index (χ3n) is 9.20. The van der Waals surface area contributed by atoms with Crippen molar-refractivity contribution < 1.29 is 9.84 Å². The molecule has 0 aliphatic heterocycles. The first-order chi connectivity index (χ1) is 21.6. The molecular formula is C40H38N2O2. The van der Waals surface area contributed by atoms with Crippen LogP contribution < -0.4 is 9.96 Å². The second-order valence-corrected chi connectivity index (χ2v) is 12.0. The van der Waals surface area contributed by atoms with Crippen molar-refractivity contribution in [2.75, 3.05) is 6.61 Å². The van der Waals surface area contributed by atoms with Crippen molar-refractivity contribution in [2.24, 2.45) is 5.92 Å². The van der Waals surface area contributed by atoms with E-state index in [1.807, 2.05) is 42.5 Å². The van der Waals surface area contributed by atoms with Crippen LogP contribution in [0.25, 0.3) is 50.3 Å². The van der Waals surface area contributed by atoms with Gasteiger partial charge in [-0.1, -0.05) is 112 Å². The molecule has 1 heterocycles. The highest BCUT2D eigenvalue weighted by Gasteiger charge is 2.24. The van der Waals surface area contributed by atoms with Crippen molar-refractivity contribution in [2.45, 2.75) is 51.9 Å². The number of aromatic hydroxyl groups is 1. The van der Waals surface area contributed by atoms with E-state index in [1.165, 1.54) is 45.2 Å². The first kappa shape index (κ1) is 28.1. The second kappa shape index (κ2) is 12.1. The number of nitrogens with zero attached hydrogens (tertiary/aromatic N) is 2. The van der Waals surface area contributed by atoms with Crippen molar-refractivity contribution in [1.82, 2.24) is 9.97 Å². The van der Waals surface area contributed by atoms with Crippen LogP contribution in [-0.2, 0) is 0 Å². The molecule has 4 heteroatoms. The minimum Gasteiger partial charge on any atom is -0.507 e. The lowest BCUT2D eigenvalue weighted by Crippen LogP contribution is -2.16. The molecule has 0 amide bonds. The Bertz CT molecular complexity index is 1980. The maximum atomic E-state index is 11.3. The molecule has 2 atom stereocenters. The average Bonchev–Trinajstić information content (AvgIpc) is 3.07. The molecule has 0 spiro atoms. The molecule has 0 saturated carbocycles. The fourth-order valence-corrected chi connectivity index (χ4v) is 6.68. The average molecular weight is 579 g/mol. The zero-order chi connectivity index (χ0) is 30.0. The number of phenols is 1. The zero-order valence-corrected chi connectivity index (χ0v) is 25.5. The number of benzene rings is 5. The summed E-state index contributed by atoms with van der Waals surface area (Å²) in [6.07, 6.45) is 7.84. The summed E-state index contributed by atoms with van der Waals surface area (Å²) in [6, 6.07) is 33.3. The third kappa shape index (κ3) is 5.30. The van der Waals surface area contributed by atoms with Crippen LogP contribution in [0.5, 0.6) is 11.5 Å². The van der Waals surface area contributed by atoms with E-state index in [1.54, 1.807) is 6.07 Å². The van der Waals surface area contributed by atoms with E-state index < -0.39 is 0 Å². The summed E-state index contributed by atoms with van der Waals surface area (Å²) in [5.74, 6) is 2.09. The fourth-order valence-electron chi connectivity index (χ4n) is 6.68. The minimum absolute atomic E-state index is 0.0702. The molecule has 1 aromatic heterocycles. The van der Waals surface area contributed by atoms with Gasteiger partial charge >= 0.3 is 0 Å². The van der Waals surface area contributed by atoms with Crippen molar-refractivity contribution in [3.8, 4) is 34.1 Å². The smallest absolute Gasteiger partial charge is 0.160 e. The molecule has 2 unspecified atom stereocenters. The molecule has 1 aliphatic rings. The molecule has 5 aromatic carbocycles. The van der Waals surface area contributed by atoms with Gasteiger partial charge < -0.3 is 9.84 Å². The molecular weight excluding hydrogens is 540 g/mol. The Morgan fingerprint density at radius 3 is 2.43 bits per heavy atom. The Hall–Kier alpha value is -4.70. The monoisotopic (exact) mass is 578 g/mol. The van der Waals surface area contributed by atoms with Crippen LogP contribution in [0, 0.1) is 5.92 Å². The van der Waals surface area contributed by atoms with E-state index in [9.17, 15) is 5.11 Å². The van der Waals surface area contributed by atoms with Crippen LogP contribution in [0.3, 0.4) is 0 Å². The summed E-state index contributed by atoms with van der Waals surface area (Å²) in [4.78, 5) is 10.2. The number of rotatable bonds is 10. The van der Waals surface area contributed by atoms with Gasteiger partial charge in [0.25, 0.3) is 0 Å².